The molecule has 1 aromatic heterocycles. The van der Waals surface area contributed by atoms with Gasteiger partial charge in [0.15, 0.2) is 0 Å². The van der Waals surface area contributed by atoms with Crippen molar-refractivity contribution >= 4 is 33.8 Å². The van der Waals surface area contributed by atoms with Gasteiger partial charge in [-0.2, -0.15) is 13.2 Å². The molecule has 4 rings (SSSR count). The van der Waals surface area contributed by atoms with Gasteiger partial charge in [0, 0.05) is 23.1 Å². The summed E-state index contributed by atoms with van der Waals surface area (Å²) in [4.78, 5) is 24.0. The Morgan fingerprint density at radius 1 is 1.00 bits per heavy atom. The minimum Gasteiger partial charge on any atom is -0.458 e. The van der Waals surface area contributed by atoms with Crippen LogP contribution in [0.5, 0.6) is 0 Å². The monoisotopic (exact) mass is 424 g/mol. The predicted molar refractivity (Wildman–Crippen MR) is 110 cm³/mol. The fraction of sp³-hybridized carbons (Fsp3) is 0.0833. The van der Waals surface area contributed by atoms with Gasteiger partial charge in [0.25, 0.3) is 0 Å². The highest BCUT2D eigenvalue weighted by Gasteiger charge is 2.30. The van der Waals surface area contributed by atoms with Crippen molar-refractivity contribution in [2.45, 2.75) is 12.8 Å². The van der Waals surface area contributed by atoms with E-state index in [0.717, 1.165) is 29.0 Å². The van der Waals surface area contributed by atoms with Gasteiger partial charge in [-0.05, 0) is 40.6 Å². The molecule has 0 saturated heterocycles. The van der Waals surface area contributed by atoms with Crippen molar-refractivity contribution in [2.75, 3.05) is 0 Å². The minimum atomic E-state index is -4.47. The molecule has 0 unspecified atom stereocenters. The topological polar surface area (TPSA) is 56.5 Å². The molecule has 7 heteroatoms. The van der Waals surface area contributed by atoms with Crippen LogP contribution in [0.25, 0.3) is 27.8 Å². The highest BCUT2D eigenvalue weighted by molar-refractivity contribution is 6.07. The molecule has 0 atom stereocenters. The Hall–Kier alpha value is -3.87. The molecule has 0 bridgehead atoms. The summed E-state index contributed by atoms with van der Waals surface area (Å²) in [6.45, 7) is -0.193. The number of alkyl halides is 3. The van der Waals surface area contributed by atoms with E-state index < -0.39 is 23.3 Å². The lowest BCUT2D eigenvalue weighted by Gasteiger charge is -2.09. The van der Waals surface area contributed by atoms with Crippen LogP contribution < -0.4 is 5.63 Å². The molecule has 156 valence electrons. The molecule has 31 heavy (non-hydrogen) atoms. The fourth-order valence-electron chi connectivity index (χ4n) is 3.31. The van der Waals surface area contributed by atoms with Gasteiger partial charge in [0.1, 0.15) is 12.2 Å². The lowest BCUT2D eigenvalue weighted by Crippen LogP contribution is -2.06. The van der Waals surface area contributed by atoms with E-state index in [1.807, 2.05) is 30.3 Å². The number of carbonyl (C=O) groups excluding carboxylic acids is 1. The summed E-state index contributed by atoms with van der Waals surface area (Å²) in [5.74, 6) is -0.751. The zero-order chi connectivity index (χ0) is 22.0. The fourth-order valence-corrected chi connectivity index (χ4v) is 3.31. The van der Waals surface area contributed by atoms with Gasteiger partial charge in [-0.15, -0.1) is 0 Å². The van der Waals surface area contributed by atoms with Gasteiger partial charge in [0.05, 0.1) is 5.56 Å². The molecule has 4 nitrogen and oxygen atoms in total. The summed E-state index contributed by atoms with van der Waals surface area (Å²) >= 11 is 0. The molecule has 3 aromatic carbocycles. The maximum atomic E-state index is 12.8. The number of fused-ring (bicyclic) bond motifs is 3. The zero-order valence-corrected chi connectivity index (χ0v) is 16.0. The first-order chi connectivity index (χ1) is 14.8. The normalized spacial score (nSPS) is 12.0. The molecular weight excluding hydrogens is 409 g/mol. The second-order valence-corrected chi connectivity index (χ2v) is 6.81. The standard InChI is InChI=1S/C24H15F3O4/c25-24(26,27)18-6-3-4-15(12-18)8-11-21(28)30-14-17-13-22(29)31-20-10-9-16-5-1-2-7-19(16)23(17)20/h1-13H,14H2/b11-8+. The predicted octanol–water partition coefficient (Wildman–Crippen LogP) is 5.72. The Balaban J connectivity index is 1.57. The van der Waals surface area contributed by atoms with Crippen molar-refractivity contribution in [3.63, 3.8) is 0 Å². The van der Waals surface area contributed by atoms with Gasteiger partial charge in [-0.1, -0.05) is 42.5 Å². The molecule has 0 amide bonds. The van der Waals surface area contributed by atoms with Crippen LogP contribution in [0.3, 0.4) is 0 Å². The molecule has 0 spiro atoms. The first kappa shape index (κ1) is 20.4. The van der Waals surface area contributed by atoms with Crippen LogP contribution in [-0.2, 0) is 22.3 Å². The largest absolute Gasteiger partial charge is 0.458 e. The third-order valence-electron chi connectivity index (χ3n) is 4.71. The third-order valence-corrected chi connectivity index (χ3v) is 4.71. The summed E-state index contributed by atoms with van der Waals surface area (Å²) in [7, 11) is 0. The highest BCUT2D eigenvalue weighted by atomic mass is 19.4. The van der Waals surface area contributed by atoms with Crippen LogP contribution in [0.2, 0.25) is 0 Å². The Morgan fingerprint density at radius 3 is 2.61 bits per heavy atom. The molecule has 0 radical (unpaired) electrons. The van der Waals surface area contributed by atoms with E-state index >= 15 is 0 Å². The number of rotatable bonds is 4. The Kier molecular flexibility index (Phi) is 5.33. The van der Waals surface area contributed by atoms with Crippen LogP contribution >= 0.6 is 0 Å². The lowest BCUT2D eigenvalue weighted by molar-refractivity contribution is -0.139. The number of carbonyl (C=O) groups is 1. The maximum absolute atomic E-state index is 12.8. The summed E-state index contributed by atoms with van der Waals surface area (Å²) in [5.41, 5.74) is -0.324. The number of esters is 1. The summed E-state index contributed by atoms with van der Waals surface area (Å²) < 4.78 is 48.9. The van der Waals surface area contributed by atoms with Crippen molar-refractivity contribution in [2.24, 2.45) is 0 Å². The first-order valence-corrected chi connectivity index (χ1v) is 9.28. The van der Waals surface area contributed by atoms with E-state index in [-0.39, 0.29) is 12.2 Å². The summed E-state index contributed by atoms with van der Waals surface area (Å²) in [6.07, 6.45) is -2.19. The van der Waals surface area contributed by atoms with Gasteiger partial charge < -0.3 is 9.15 Å². The highest BCUT2D eigenvalue weighted by Crippen LogP contribution is 2.30. The maximum Gasteiger partial charge on any atom is 0.416 e. The summed E-state index contributed by atoms with van der Waals surface area (Å²) in [6, 6.07) is 16.9. The van der Waals surface area contributed by atoms with Crippen LogP contribution in [0.15, 0.2) is 82.0 Å². The smallest absolute Gasteiger partial charge is 0.416 e. The average Bonchev–Trinajstić information content (AvgIpc) is 2.75. The number of halogens is 3. The molecule has 0 saturated carbocycles. The van der Waals surface area contributed by atoms with Crippen LogP contribution in [0.1, 0.15) is 16.7 Å². The quantitative estimate of drug-likeness (QED) is 0.182. The van der Waals surface area contributed by atoms with Crippen molar-refractivity contribution < 1.29 is 27.1 Å². The van der Waals surface area contributed by atoms with Gasteiger partial charge in [-0.3, -0.25) is 0 Å². The van der Waals surface area contributed by atoms with Gasteiger partial charge >= 0.3 is 17.8 Å². The summed E-state index contributed by atoms with van der Waals surface area (Å²) in [5, 5.41) is 2.43. The molecule has 0 aliphatic rings. The van der Waals surface area contributed by atoms with Gasteiger partial charge in [-0.25, -0.2) is 9.59 Å². The molecule has 4 aromatic rings. The van der Waals surface area contributed by atoms with Crippen LogP contribution in [0.4, 0.5) is 13.2 Å². The first-order valence-electron chi connectivity index (χ1n) is 9.28. The number of ether oxygens (including phenoxy) is 1. The Morgan fingerprint density at radius 2 is 1.81 bits per heavy atom. The number of hydrogen-bond donors (Lipinski definition) is 0. The van der Waals surface area contributed by atoms with E-state index in [9.17, 15) is 22.8 Å². The van der Waals surface area contributed by atoms with E-state index in [0.29, 0.717) is 16.5 Å². The van der Waals surface area contributed by atoms with E-state index in [1.54, 1.807) is 6.07 Å². The second-order valence-electron chi connectivity index (χ2n) is 6.81. The van der Waals surface area contributed by atoms with Crippen molar-refractivity contribution in [1.82, 2.24) is 0 Å². The van der Waals surface area contributed by atoms with Crippen molar-refractivity contribution in [3.05, 3.63) is 99.9 Å². The second kappa shape index (κ2) is 8.10. The molecular formula is C24H15F3O4. The van der Waals surface area contributed by atoms with Crippen molar-refractivity contribution in [1.29, 1.82) is 0 Å². The zero-order valence-electron chi connectivity index (χ0n) is 16.0. The SMILES string of the molecule is O=C(/C=C/c1cccc(C(F)(F)F)c1)OCc1cc(=O)oc2ccc3ccccc3c12. The van der Waals surface area contributed by atoms with E-state index in [2.05, 4.69) is 0 Å². The van der Waals surface area contributed by atoms with E-state index in [1.165, 1.54) is 24.3 Å². The number of hydrogen-bond acceptors (Lipinski definition) is 4. The Bertz CT molecular complexity index is 1370. The lowest BCUT2D eigenvalue weighted by atomic mass is 10.0. The van der Waals surface area contributed by atoms with E-state index in [4.69, 9.17) is 9.15 Å². The molecule has 0 aliphatic carbocycles. The van der Waals surface area contributed by atoms with Crippen LogP contribution in [0, 0.1) is 0 Å². The molecule has 0 N–H and O–H groups in total. The Labute approximate surface area is 174 Å². The molecule has 0 fully saturated rings. The number of benzene rings is 3. The third kappa shape index (κ3) is 4.50. The average molecular weight is 424 g/mol. The minimum absolute atomic E-state index is 0.193. The molecule has 1 heterocycles. The van der Waals surface area contributed by atoms with Gasteiger partial charge in [0.2, 0.25) is 0 Å². The van der Waals surface area contributed by atoms with Crippen molar-refractivity contribution in [3.8, 4) is 0 Å². The van der Waals surface area contributed by atoms with Crippen LogP contribution in [-0.4, -0.2) is 5.97 Å². The molecule has 0 aliphatic heterocycles.